The molecule has 1 aromatic rings. The highest BCUT2D eigenvalue weighted by Crippen LogP contribution is 2.21. The Labute approximate surface area is 95.8 Å². The minimum atomic E-state index is 0.107. The predicted octanol–water partition coefficient (Wildman–Crippen LogP) is 2.37. The highest BCUT2D eigenvalue weighted by Gasteiger charge is 2.22. The topological polar surface area (TPSA) is 29.1 Å². The molecule has 76 valence electrons. The van der Waals surface area contributed by atoms with Gasteiger partial charge in [0.25, 0.3) is 0 Å². The van der Waals surface area contributed by atoms with Gasteiger partial charge in [0, 0.05) is 21.2 Å². The molecule has 2 rings (SSSR count). The zero-order valence-corrected chi connectivity index (χ0v) is 10.2. The summed E-state index contributed by atoms with van der Waals surface area (Å²) in [7, 11) is 0. The molecule has 1 aromatic heterocycles. The summed E-state index contributed by atoms with van der Waals surface area (Å²) in [5.41, 5.74) is 0. The number of carbonyl (C=O) groups excluding carboxylic acids is 1. The van der Waals surface area contributed by atoms with Gasteiger partial charge < -0.3 is 5.32 Å². The summed E-state index contributed by atoms with van der Waals surface area (Å²) >= 11 is 5.03. The standard InChI is InChI=1S/C10H12BrNOS/c11-7-4-8(14-6-7)5-10(13)9-2-1-3-12-9/h4,6,9,12H,1-3,5H2. The van der Waals surface area contributed by atoms with Gasteiger partial charge in [0.05, 0.1) is 6.04 Å². The average Bonchev–Trinajstić information content (AvgIpc) is 2.75. The molecule has 0 bridgehead atoms. The van der Waals surface area contributed by atoms with Crippen molar-refractivity contribution < 1.29 is 4.79 Å². The van der Waals surface area contributed by atoms with Crippen LogP contribution in [0, 0.1) is 0 Å². The first-order valence-electron chi connectivity index (χ1n) is 4.75. The van der Waals surface area contributed by atoms with E-state index in [9.17, 15) is 4.79 Å². The maximum atomic E-state index is 11.8. The monoisotopic (exact) mass is 273 g/mol. The third-order valence-electron chi connectivity index (χ3n) is 2.42. The Hall–Kier alpha value is -0.190. The van der Waals surface area contributed by atoms with E-state index >= 15 is 0 Å². The van der Waals surface area contributed by atoms with Crippen LogP contribution in [0.15, 0.2) is 15.9 Å². The molecule has 4 heteroatoms. The Morgan fingerprint density at radius 1 is 1.71 bits per heavy atom. The van der Waals surface area contributed by atoms with Gasteiger partial charge in [-0.2, -0.15) is 0 Å². The highest BCUT2D eigenvalue weighted by atomic mass is 79.9. The second-order valence-electron chi connectivity index (χ2n) is 3.52. The fourth-order valence-corrected chi connectivity index (χ4v) is 3.16. The fraction of sp³-hybridized carbons (Fsp3) is 0.500. The Bertz CT molecular complexity index is 331. The number of halogens is 1. The zero-order valence-electron chi connectivity index (χ0n) is 7.75. The van der Waals surface area contributed by atoms with Gasteiger partial charge in [-0.05, 0) is 41.4 Å². The number of thiophene rings is 1. The van der Waals surface area contributed by atoms with Crippen molar-refractivity contribution in [2.45, 2.75) is 25.3 Å². The average molecular weight is 274 g/mol. The first-order valence-corrected chi connectivity index (χ1v) is 6.42. The lowest BCUT2D eigenvalue weighted by molar-refractivity contribution is -0.120. The Morgan fingerprint density at radius 3 is 3.14 bits per heavy atom. The molecule has 2 nitrogen and oxygen atoms in total. The molecule has 2 heterocycles. The van der Waals surface area contributed by atoms with E-state index in [-0.39, 0.29) is 6.04 Å². The van der Waals surface area contributed by atoms with Crippen LogP contribution in [0.4, 0.5) is 0 Å². The number of carbonyl (C=O) groups is 1. The SMILES string of the molecule is O=C(Cc1cc(Br)cs1)C1CCCN1. The minimum absolute atomic E-state index is 0.107. The second-order valence-corrected chi connectivity index (χ2v) is 5.43. The minimum Gasteiger partial charge on any atom is -0.307 e. The lowest BCUT2D eigenvalue weighted by Crippen LogP contribution is -2.31. The number of Topliss-reactive ketones (excluding diaryl/α,β-unsaturated/α-hetero) is 1. The Kier molecular flexibility index (Phi) is 3.36. The fourth-order valence-electron chi connectivity index (χ4n) is 1.70. The normalized spacial score (nSPS) is 21.4. The summed E-state index contributed by atoms with van der Waals surface area (Å²) in [6, 6.07) is 2.13. The lowest BCUT2D eigenvalue weighted by atomic mass is 10.1. The number of hydrogen-bond donors (Lipinski definition) is 1. The lowest BCUT2D eigenvalue weighted by Gasteiger charge is -2.06. The molecule has 0 spiro atoms. The van der Waals surface area contributed by atoms with E-state index in [0.29, 0.717) is 12.2 Å². The first-order chi connectivity index (χ1) is 6.75. The van der Waals surface area contributed by atoms with Gasteiger partial charge in [-0.1, -0.05) is 0 Å². The summed E-state index contributed by atoms with van der Waals surface area (Å²) in [5, 5.41) is 5.25. The predicted molar refractivity (Wildman–Crippen MR) is 61.8 cm³/mol. The van der Waals surface area contributed by atoms with Crippen molar-refractivity contribution in [3.05, 3.63) is 20.8 Å². The van der Waals surface area contributed by atoms with Crippen molar-refractivity contribution >= 4 is 33.0 Å². The second kappa shape index (κ2) is 4.55. The van der Waals surface area contributed by atoms with Gasteiger partial charge in [-0.15, -0.1) is 11.3 Å². The molecular weight excluding hydrogens is 262 g/mol. The maximum Gasteiger partial charge on any atom is 0.154 e. The van der Waals surface area contributed by atoms with Crippen molar-refractivity contribution in [1.29, 1.82) is 0 Å². The zero-order chi connectivity index (χ0) is 9.97. The van der Waals surface area contributed by atoms with Gasteiger partial charge >= 0.3 is 0 Å². The van der Waals surface area contributed by atoms with E-state index in [1.807, 2.05) is 11.4 Å². The number of nitrogens with one attached hydrogen (secondary N) is 1. The molecule has 0 saturated carbocycles. The number of rotatable bonds is 3. The van der Waals surface area contributed by atoms with Crippen molar-refractivity contribution in [1.82, 2.24) is 5.32 Å². The number of ketones is 1. The van der Waals surface area contributed by atoms with Crippen LogP contribution in [0.1, 0.15) is 17.7 Å². The van der Waals surface area contributed by atoms with Crippen LogP contribution in [0.5, 0.6) is 0 Å². The van der Waals surface area contributed by atoms with Crippen LogP contribution in [0.2, 0.25) is 0 Å². The molecule has 1 fully saturated rings. The summed E-state index contributed by atoms with van der Waals surface area (Å²) in [6.45, 7) is 0.991. The summed E-state index contributed by atoms with van der Waals surface area (Å²) in [4.78, 5) is 12.9. The van der Waals surface area contributed by atoms with Gasteiger partial charge in [-0.3, -0.25) is 4.79 Å². The van der Waals surface area contributed by atoms with Gasteiger partial charge in [-0.25, -0.2) is 0 Å². The van der Waals surface area contributed by atoms with Crippen LogP contribution in [-0.2, 0) is 11.2 Å². The van der Waals surface area contributed by atoms with Crippen molar-refractivity contribution in [3.63, 3.8) is 0 Å². The van der Waals surface area contributed by atoms with E-state index in [0.717, 1.165) is 28.7 Å². The van der Waals surface area contributed by atoms with Crippen molar-refractivity contribution in [3.8, 4) is 0 Å². The van der Waals surface area contributed by atoms with Crippen molar-refractivity contribution in [2.24, 2.45) is 0 Å². The van der Waals surface area contributed by atoms with Crippen LogP contribution in [0.3, 0.4) is 0 Å². The molecule has 14 heavy (non-hydrogen) atoms. The highest BCUT2D eigenvalue weighted by molar-refractivity contribution is 9.10. The molecule has 0 aliphatic carbocycles. The molecule has 0 amide bonds. The molecule has 0 aromatic carbocycles. The third kappa shape index (κ3) is 2.43. The largest absolute Gasteiger partial charge is 0.307 e. The summed E-state index contributed by atoms with van der Waals surface area (Å²) in [5.74, 6) is 0.330. The summed E-state index contributed by atoms with van der Waals surface area (Å²) < 4.78 is 1.07. The van der Waals surface area contributed by atoms with Crippen LogP contribution in [0.25, 0.3) is 0 Å². The van der Waals surface area contributed by atoms with E-state index in [1.54, 1.807) is 11.3 Å². The van der Waals surface area contributed by atoms with Gasteiger partial charge in [0.2, 0.25) is 0 Å². The van der Waals surface area contributed by atoms with Crippen molar-refractivity contribution in [2.75, 3.05) is 6.54 Å². The molecular formula is C10H12BrNOS. The van der Waals surface area contributed by atoms with Crippen LogP contribution in [-0.4, -0.2) is 18.4 Å². The molecule has 1 N–H and O–H groups in total. The molecule has 1 aliphatic heterocycles. The Morgan fingerprint density at radius 2 is 2.57 bits per heavy atom. The van der Waals surface area contributed by atoms with E-state index in [4.69, 9.17) is 0 Å². The Balaban J connectivity index is 1.93. The molecule has 0 radical (unpaired) electrons. The quantitative estimate of drug-likeness (QED) is 0.916. The third-order valence-corrected chi connectivity index (χ3v) is 4.12. The van der Waals surface area contributed by atoms with Gasteiger partial charge in [0.15, 0.2) is 5.78 Å². The van der Waals surface area contributed by atoms with E-state index < -0.39 is 0 Å². The maximum absolute atomic E-state index is 11.8. The van der Waals surface area contributed by atoms with E-state index in [1.165, 1.54) is 0 Å². The molecule has 1 unspecified atom stereocenters. The first kappa shape index (κ1) is 10.3. The van der Waals surface area contributed by atoms with Crippen LogP contribution >= 0.6 is 27.3 Å². The number of hydrogen-bond acceptors (Lipinski definition) is 3. The molecule has 1 saturated heterocycles. The smallest absolute Gasteiger partial charge is 0.154 e. The van der Waals surface area contributed by atoms with Crippen LogP contribution < -0.4 is 5.32 Å². The summed E-state index contributed by atoms with van der Waals surface area (Å²) in [6.07, 6.45) is 2.71. The molecule has 1 aliphatic rings. The molecule has 1 atom stereocenters. The van der Waals surface area contributed by atoms with E-state index in [2.05, 4.69) is 21.2 Å². The van der Waals surface area contributed by atoms with Gasteiger partial charge in [0.1, 0.15) is 0 Å².